The maximum atomic E-state index is 12.3. The van der Waals surface area contributed by atoms with E-state index in [9.17, 15) is 9.90 Å². The molecule has 0 bridgehead atoms. The summed E-state index contributed by atoms with van der Waals surface area (Å²) >= 11 is 3.46. The molecule has 0 fully saturated rings. The van der Waals surface area contributed by atoms with E-state index >= 15 is 0 Å². The lowest BCUT2D eigenvalue weighted by Gasteiger charge is -2.38. The van der Waals surface area contributed by atoms with Crippen LogP contribution in [0.1, 0.15) is 58.8 Å². The van der Waals surface area contributed by atoms with Crippen LogP contribution in [0.4, 0.5) is 0 Å². The molecule has 0 spiro atoms. The highest BCUT2D eigenvalue weighted by Crippen LogP contribution is 2.43. The van der Waals surface area contributed by atoms with Crippen molar-refractivity contribution < 1.29 is 19.4 Å². The van der Waals surface area contributed by atoms with Gasteiger partial charge in [-0.25, -0.2) is 4.99 Å². The number of para-hydroxylation sites is 1. The van der Waals surface area contributed by atoms with Crippen LogP contribution in [0.15, 0.2) is 57.5 Å². The molecule has 0 saturated carbocycles. The molecule has 6 nitrogen and oxygen atoms in total. The number of aliphatic hydroxyl groups excluding tert-OH is 1. The van der Waals surface area contributed by atoms with Crippen molar-refractivity contribution in [1.82, 2.24) is 5.32 Å². The summed E-state index contributed by atoms with van der Waals surface area (Å²) in [4.78, 5) is 16.6. The van der Waals surface area contributed by atoms with Gasteiger partial charge in [0.15, 0.2) is 6.10 Å². The van der Waals surface area contributed by atoms with E-state index in [1.165, 1.54) is 18.4 Å². The third-order valence-corrected chi connectivity index (χ3v) is 8.28. The minimum atomic E-state index is -0.371. The smallest absolute Gasteiger partial charge is 0.292 e. The minimum absolute atomic E-state index is 0.134. The van der Waals surface area contributed by atoms with Gasteiger partial charge in [-0.2, -0.15) is 0 Å². The number of hydrogen-bond acceptors (Lipinski definition) is 5. The zero-order valence-electron chi connectivity index (χ0n) is 21.4. The van der Waals surface area contributed by atoms with Gasteiger partial charge < -0.3 is 14.6 Å². The summed E-state index contributed by atoms with van der Waals surface area (Å²) in [7, 11) is 0. The Balaban J connectivity index is 1.11. The predicted octanol–water partition coefficient (Wildman–Crippen LogP) is 5.80. The third-order valence-electron chi connectivity index (χ3n) is 7.62. The topological polar surface area (TPSA) is 80.2 Å². The zero-order chi connectivity index (χ0) is 25.5. The number of rotatable bonds is 10. The van der Waals surface area contributed by atoms with Crippen LogP contribution in [-0.4, -0.2) is 42.4 Å². The quantitative estimate of drug-likeness (QED) is 0.380. The number of nitrogens with one attached hydrogen (secondary N) is 1. The number of amides is 1. The Morgan fingerprint density at radius 3 is 2.94 bits per heavy atom. The van der Waals surface area contributed by atoms with Crippen molar-refractivity contribution in [3.05, 3.63) is 52.5 Å². The fourth-order valence-electron chi connectivity index (χ4n) is 5.55. The fourth-order valence-corrected chi connectivity index (χ4v) is 5.95. The number of halogens is 1. The monoisotopic (exact) mass is 558 g/mol. The van der Waals surface area contributed by atoms with E-state index in [-0.39, 0.29) is 24.1 Å². The second kappa shape index (κ2) is 12.9. The number of allylic oxidation sites excluding steroid dienone is 4. The molecule has 6 atom stereocenters. The van der Waals surface area contributed by atoms with E-state index in [0.717, 1.165) is 23.1 Å². The van der Waals surface area contributed by atoms with Crippen LogP contribution in [-0.2, 0) is 9.53 Å². The average Bonchev–Trinajstić information content (AvgIpc) is 3.30. The van der Waals surface area contributed by atoms with E-state index in [1.807, 2.05) is 24.3 Å². The van der Waals surface area contributed by atoms with Crippen LogP contribution in [0.2, 0.25) is 0 Å². The summed E-state index contributed by atoms with van der Waals surface area (Å²) < 4.78 is 12.4. The van der Waals surface area contributed by atoms with E-state index in [0.29, 0.717) is 56.1 Å². The number of hydrogen-bond donors (Lipinski definition) is 2. The molecule has 1 heterocycles. The van der Waals surface area contributed by atoms with Crippen LogP contribution in [0.25, 0.3) is 0 Å². The minimum Gasteiger partial charge on any atom is -0.488 e. The summed E-state index contributed by atoms with van der Waals surface area (Å²) in [6, 6.07) is 7.90. The van der Waals surface area contributed by atoms with Crippen LogP contribution >= 0.6 is 15.9 Å². The van der Waals surface area contributed by atoms with Crippen LogP contribution in [0.5, 0.6) is 5.75 Å². The molecule has 3 aliphatic rings. The molecule has 2 N–H and O–H groups in total. The van der Waals surface area contributed by atoms with Gasteiger partial charge in [0, 0.05) is 6.42 Å². The summed E-state index contributed by atoms with van der Waals surface area (Å²) in [6.45, 7) is 5.40. The first-order chi connectivity index (χ1) is 17.4. The van der Waals surface area contributed by atoms with Gasteiger partial charge in [0.2, 0.25) is 5.91 Å². The molecule has 0 radical (unpaired) electrons. The predicted molar refractivity (Wildman–Crippen MR) is 146 cm³/mol. The molecular weight excluding hydrogens is 520 g/mol. The first-order valence-corrected chi connectivity index (χ1v) is 14.1. The number of ether oxygens (including phenoxy) is 2. The molecule has 1 aromatic carbocycles. The number of aliphatic imine (C=N–C) groups is 1. The molecule has 4 rings (SSSR count). The number of nitrogens with zero attached hydrogens (tertiary/aromatic N) is 1. The number of benzene rings is 1. The Hall–Kier alpha value is -2.12. The molecule has 1 amide bonds. The number of carbonyl (C=O) groups is 1. The average molecular weight is 560 g/mol. The molecule has 0 saturated heterocycles. The first-order valence-electron chi connectivity index (χ1n) is 13.3. The number of fused-ring (bicyclic) bond motifs is 1. The molecule has 5 unspecified atom stereocenters. The van der Waals surface area contributed by atoms with Gasteiger partial charge in [0.25, 0.3) is 6.02 Å². The molecule has 196 valence electrons. The molecule has 36 heavy (non-hydrogen) atoms. The highest BCUT2D eigenvalue weighted by molar-refractivity contribution is 9.10. The van der Waals surface area contributed by atoms with E-state index < -0.39 is 0 Å². The molecule has 2 aliphatic carbocycles. The van der Waals surface area contributed by atoms with E-state index in [2.05, 4.69) is 58.3 Å². The van der Waals surface area contributed by atoms with Crippen molar-refractivity contribution in [2.24, 2.45) is 28.7 Å². The van der Waals surface area contributed by atoms with Gasteiger partial charge >= 0.3 is 0 Å². The lowest BCUT2D eigenvalue weighted by atomic mass is 9.66. The molecular formula is C29H39BrN2O4. The Morgan fingerprint density at radius 1 is 1.28 bits per heavy atom. The van der Waals surface area contributed by atoms with Gasteiger partial charge in [0.05, 0.1) is 17.1 Å². The first kappa shape index (κ1) is 26.9. The number of amidine groups is 1. The van der Waals surface area contributed by atoms with Gasteiger partial charge in [-0.05, 0) is 95.8 Å². The van der Waals surface area contributed by atoms with Crippen LogP contribution in [0, 0.1) is 23.7 Å². The normalized spacial score (nSPS) is 27.9. The zero-order valence-corrected chi connectivity index (χ0v) is 23.0. The second-order valence-corrected chi connectivity index (χ2v) is 11.4. The maximum absolute atomic E-state index is 12.3. The number of aliphatic hydroxyl groups is 1. The van der Waals surface area contributed by atoms with Crippen molar-refractivity contribution in [3.8, 4) is 5.75 Å². The third kappa shape index (κ3) is 7.45. The lowest BCUT2D eigenvalue weighted by Crippen LogP contribution is -2.33. The highest BCUT2D eigenvalue weighted by Gasteiger charge is 2.33. The van der Waals surface area contributed by atoms with Crippen LogP contribution in [0.3, 0.4) is 0 Å². The molecule has 0 aromatic heterocycles. The van der Waals surface area contributed by atoms with Gasteiger partial charge in [-0.1, -0.05) is 44.2 Å². The second-order valence-electron chi connectivity index (χ2n) is 10.5. The largest absolute Gasteiger partial charge is 0.488 e. The lowest BCUT2D eigenvalue weighted by molar-refractivity contribution is -0.120. The van der Waals surface area contributed by atoms with Crippen molar-refractivity contribution in [3.63, 3.8) is 0 Å². The number of carbonyl (C=O) groups excluding carboxylic acids is 1. The molecule has 1 aromatic rings. The van der Waals surface area contributed by atoms with Crippen molar-refractivity contribution >= 4 is 27.9 Å². The molecule has 1 aliphatic heterocycles. The summed E-state index contributed by atoms with van der Waals surface area (Å²) in [5, 5.41) is 13.3. The Morgan fingerprint density at radius 2 is 2.11 bits per heavy atom. The van der Waals surface area contributed by atoms with Gasteiger partial charge in [-0.15, -0.1) is 0 Å². The Labute approximate surface area is 223 Å². The summed E-state index contributed by atoms with van der Waals surface area (Å²) in [5.41, 5.74) is 1.50. The van der Waals surface area contributed by atoms with E-state index in [1.54, 1.807) is 0 Å². The SMILES string of the molecule is CC1C=CC2=C[C@H](C)CCC2C1CCC(O)CCCC(=O)NC1=NCC(COc2ccccc2Br)O1. The summed E-state index contributed by atoms with van der Waals surface area (Å²) in [6.07, 6.45) is 12.5. The molecule has 7 heteroatoms. The summed E-state index contributed by atoms with van der Waals surface area (Å²) in [5.74, 6) is 3.07. The van der Waals surface area contributed by atoms with Crippen molar-refractivity contribution in [2.75, 3.05) is 13.2 Å². The van der Waals surface area contributed by atoms with E-state index in [4.69, 9.17) is 9.47 Å². The maximum Gasteiger partial charge on any atom is 0.292 e. The van der Waals surface area contributed by atoms with Crippen molar-refractivity contribution in [1.29, 1.82) is 0 Å². The highest BCUT2D eigenvalue weighted by atomic mass is 79.9. The Bertz CT molecular complexity index is 991. The standard InChI is InChI=1S/C29H39BrN2O4/c1-19-10-14-25-21(16-19)12-11-20(2)24(25)15-13-22(33)6-5-9-28(34)32-29-31-17-23(36-29)18-35-27-8-4-3-7-26(27)30/h3-4,7-8,11-12,16,19-20,22-25,33H,5-6,9-10,13-15,17-18H2,1-2H3,(H,31,32,34)/t19-,20?,22?,23?,24?,25?/m1/s1. The van der Waals surface area contributed by atoms with Crippen molar-refractivity contribution in [2.45, 2.75) is 71.0 Å². The van der Waals surface area contributed by atoms with Crippen LogP contribution < -0.4 is 10.1 Å². The van der Waals surface area contributed by atoms with Gasteiger partial charge in [0.1, 0.15) is 12.4 Å². The van der Waals surface area contributed by atoms with Gasteiger partial charge in [-0.3, -0.25) is 10.1 Å². The Kier molecular flexibility index (Phi) is 9.66. The fraction of sp³-hybridized carbons (Fsp3) is 0.586.